The van der Waals surface area contributed by atoms with Crippen molar-refractivity contribution < 1.29 is 4.74 Å². The van der Waals surface area contributed by atoms with E-state index in [1.165, 1.54) is 0 Å². The van der Waals surface area contributed by atoms with Gasteiger partial charge in [-0.2, -0.15) is 4.98 Å². The first-order valence-corrected chi connectivity index (χ1v) is 16.0. The Morgan fingerprint density at radius 2 is 1.91 bits per heavy atom. The summed E-state index contributed by atoms with van der Waals surface area (Å²) in [6.07, 6.45) is 5.71. The van der Waals surface area contributed by atoms with Crippen LogP contribution in [0.15, 0.2) is 41.3 Å². The van der Waals surface area contributed by atoms with Crippen LogP contribution in [0.5, 0.6) is 0 Å². The van der Waals surface area contributed by atoms with E-state index in [1.54, 1.807) is 16.8 Å². The van der Waals surface area contributed by atoms with Crippen LogP contribution in [0, 0.1) is 0 Å². The minimum Gasteiger partial charge on any atom is -0.361 e. The number of nitrogens with one attached hydrogen (secondary N) is 1. The van der Waals surface area contributed by atoms with Gasteiger partial charge in [-0.3, -0.25) is 9.36 Å². The highest BCUT2D eigenvalue weighted by Crippen LogP contribution is 2.28. The summed E-state index contributed by atoms with van der Waals surface area (Å²) in [4.78, 5) is 22.9. The van der Waals surface area contributed by atoms with Gasteiger partial charge in [-0.1, -0.05) is 49.4 Å². The Labute approximate surface area is 206 Å². The second kappa shape index (κ2) is 10.6. The predicted octanol–water partition coefficient (Wildman–Crippen LogP) is 5.11. The Kier molecular flexibility index (Phi) is 7.72. The molecule has 182 valence electrons. The number of nitrogens with zero attached hydrogens (tertiary/aromatic N) is 3. The van der Waals surface area contributed by atoms with E-state index < -0.39 is 8.07 Å². The van der Waals surface area contributed by atoms with Crippen LogP contribution in [-0.2, 0) is 11.5 Å². The number of nitrogens with two attached hydrogens (primary N) is 1. The van der Waals surface area contributed by atoms with Gasteiger partial charge in [-0.05, 0) is 43.9 Å². The molecule has 0 amide bonds. The van der Waals surface area contributed by atoms with Gasteiger partial charge in [0.15, 0.2) is 0 Å². The second-order valence-corrected chi connectivity index (χ2v) is 16.4. The van der Waals surface area contributed by atoms with Crippen molar-refractivity contribution in [2.45, 2.75) is 70.2 Å². The first-order valence-electron chi connectivity index (χ1n) is 12.0. The van der Waals surface area contributed by atoms with Gasteiger partial charge in [-0.15, -0.1) is 0 Å². The smallest absolute Gasteiger partial charge is 0.262 e. The van der Waals surface area contributed by atoms with E-state index in [0.29, 0.717) is 34.4 Å². The third-order valence-electron chi connectivity index (χ3n) is 6.31. The summed E-state index contributed by atoms with van der Waals surface area (Å²) in [5.41, 5.74) is 7.62. The van der Waals surface area contributed by atoms with Crippen LogP contribution in [0.25, 0.3) is 22.2 Å². The number of benzene rings is 1. The lowest BCUT2D eigenvalue weighted by molar-refractivity contribution is 0.0876. The number of rotatable bonds is 8. The topological polar surface area (TPSA) is 95.1 Å². The minimum atomic E-state index is -1.25. The lowest BCUT2D eigenvalue weighted by Crippen LogP contribution is -2.33. The fraction of sp³-hybridized carbons (Fsp3) is 0.480. The molecule has 1 fully saturated rings. The maximum absolute atomic E-state index is 13.6. The number of fused-ring (bicyclic) bond motifs is 1. The molecular weight excluding hydrogens is 466 g/mol. The van der Waals surface area contributed by atoms with Gasteiger partial charge >= 0.3 is 0 Å². The molecule has 1 aromatic carbocycles. The number of anilines is 1. The zero-order valence-electron chi connectivity index (χ0n) is 20.2. The highest BCUT2D eigenvalue weighted by Gasteiger charge is 2.20. The summed E-state index contributed by atoms with van der Waals surface area (Å²) in [5, 5.41) is 4.72. The Hall–Kier alpha value is -2.26. The normalized spacial score (nSPS) is 18.9. The number of ether oxygens (including phenoxy) is 1. The zero-order chi connectivity index (χ0) is 24.3. The zero-order valence-corrected chi connectivity index (χ0v) is 21.9. The maximum Gasteiger partial charge on any atom is 0.262 e. The van der Waals surface area contributed by atoms with Gasteiger partial charge in [0, 0.05) is 54.5 Å². The van der Waals surface area contributed by atoms with Crippen molar-refractivity contribution in [1.82, 2.24) is 14.5 Å². The Balaban J connectivity index is 1.70. The number of hydrogen-bond donors (Lipinski definition) is 2. The first-order chi connectivity index (χ1) is 16.2. The first kappa shape index (κ1) is 24.8. The molecule has 0 aliphatic heterocycles. The number of hydrogen-bond acceptors (Lipinski definition) is 6. The highest BCUT2D eigenvalue weighted by atomic mass is 35.5. The molecule has 0 atom stereocenters. The van der Waals surface area contributed by atoms with Crippen molar-refractivity contribution in [1.29, 1.82) is 0 Å². The standard InChI is InChI=1S/C25H34ClN5O2Si/c1-34(2,3)13-12-33-16-31-23-17(14-21(24(31)32)20-6-4-5-7-22(20)26)15-28-25(30-23)29-19-10-8-18(27)9-11-19/h4-7,14-15,18-19H,8-13,16,27H2,1-3H3,(H,28,29,30). The summed E-state index contributed by atoms with van der Waals surface area (Å²) >= 11 is 6.43. The van der Waals surface area contributed by atoms with Crippen LogP contribution in [0.4, 0.5) is 5.95 Å². The molecule has 3 aromatic rings. The lowest BCUT2D eigenvalue weighted by atomic mass is 9.92. The van der Waals surface area contributed by atoms with E-state index in [0.717, 1.165) is 37.1 Å². The van der Waals surface area contributed by atoms with Crippen LogP contribution >= 0.6 is 11.6 Å². The van der Waals surface area contributed by atoms with Crippen molar-refractivity contribution in [3.8, 4) is 11.1 Å². The van der Waals surface area contributed by atoms with Gasteiger partial charge in [0.1, 0.15) is 12.4 Å². The van der Waals surface area contributed by atoms with Gasteiger partial charge < -0.3 is 15.8 Å². The maximum atomic E-state index is 13.6. The highest BCUT2D eigenvalue weighted by molar-refractivity contribution is 6.76. The van der Waals surface area contributed by atoms with E-state index in [1.807, 2.05) is 24.3 Å². The molecule has 0 radical (unpaired) electrons. The Morgan fingerprint density at radius 3 is 2.62 bits per heavy atom. The fourth-order valence-electron chi connectivity index (χ4n) is 4.20. The van der Waals surface area contributed by atoms with E-state index >= 15 is 0 Å². The molecule has 0 spiro atoms. The number of aromatic nitrogens is 3. The monoisotopic (exact) mass is 499 g/mol. The lowest BCUT2D eigenvalue weighted by Gasteiger charge is -2.26. The largest absolute Gasteiger partial charge is 0.361 e. The van der Waals surface area contributed by atoms with Crippen molar-refractivity contribution in [2.24, 2.45) is 5.73 Å². The summed E-state index contributed by atoms with van der Waals surface area (Å²) in [5.74, 6) is 0.522. The quantitative estimate of drug-likeness (QED) is 0.330. The molecule has 1 saturated carbocycles. The summed E-state index contributed by atoms with van der Waals surface area (Å²) in [6, 6.07) is 10.8. The van der Waals surface area contributed by atoms with Gasteiger partial charge in [0.2, 0.25) is 5.95 Å². The molecular formula is C25H34ClN5O2Si. The predicted molar refractivity (Wildman–Crippen MR) is 142 cm³/mol. The Bertz CT molecular complexity index is 1200. The minimum absolute atomic E-state index is 0.132. The number of pyridine rings is 1. The molecule has 2 heterocycles. The summed E-state index contributed by atoms with van der Waals surface area (Å²) in [7, 11) is -1.25. The van der Waals surface area contributed by atoms with Crippen LogP contribution in [0.1, 0.15) is 25.7 Å². The van der Waals surface area contributed by atoms with Crippen molar-refractivity contribution in [3.63, 3.8) is 0 Å². The molecule has 7 nitrogen and oxygen atoms in total. The SMILES string of the molecule is C[Si](C)(C)CCOCn1c(=O)c(-c2ccccc2Cl)cc2cnc(NC3CCC(N)CC3)nc21. The van der Waals surface area contributed by atoms with Crippen LogP contribution in [-0.4, -0.2) is 41.3 Å². The van der Waals surface area contributed by atoms with E-state index in [4.69, 9.17) is 27.1 Å². The third-order valence-corrected chi connectivity index (χ3v) is 8.35. The molecule has 0 unspecified atom stereocenters. The van der Waals surface area contributed by atoms with Crippen molar-refractivity contribution in [3.05, 3.63) is 51.9 Å². The van der Waals surface area contributed by atoms with Crippen LogP contribution in [0.2, 0.25) is 30.7 Å². The molecule has 3 N–H and O–H groups in total. The molecule has 1 aliphatic rings. The molecule has 0 saturated heterocycles. The molecule has 1 aliphatic carbocycles. The average Bonchev–Trinajstić information content (AvgIpc) is 2.79. The average molecular weight is 500 g/mol. The molecule has 9 heteroatoms. The van der Waals surface area contributed by atoms with E-state index in [-0.39, 0.29) is 24.4 Å². The molecule has 2 aromatic heterocycles. The van der Waals surface area contributed by atoms with E-state index in [2.05, 4.69) is 29.9 Å². The second-order valence-electron chi connectivity index (χ2n) is 10.3. The van der Waals surface area contributed by atoms with Crippen molar-refractivity contribution in [2.75, 3.05) is 11.9 Å². The van der Waals surface area contributed by atoms with Crippen LogP contribution < -0.4 is 16.6 Å². The Morgan fingerprint density at radius 1 is 1.18 bits per heavy atom. The molecule has 34 heavy (non-hydrogen) atoms. The van der Waals surface area contributed by atoms with Gasteiger partial charge in [-0.25, -0.2) is 4.98 Å². The fourth-order valence-corrected chi connectivity index (χ4v) is 5.20. The molecule has 4 rings (SSSR count). The third kappa shape index (κ3) is 6.04. The summed E-state index contributed by atoms with van der Waals surface area (Å²) in [6.45, 7) is 7.66. The van der Waals surface area contributed by atoms with E-state index in [9.17, 15) is 4.79 Å². The molecule has 0 bridgehead atoms. The van der Waals surface area contributed by atoms with Gasteiger partial charge in [0.25, 0.3) is 5.56 Å². The number of halogens is 1. The van der Waals surface area contributed by atoms with Gasteiger partial charge in [0.05, 0.1) is 0 Å². The van der Waals surface area contributed by atoms with Crippen molar-refractivity contribution >= 4 is 36.7 Å². The summed E-state index contributed by atoms with van der Waals surface area (Å²) < 4.78 is 7.58. The van der Waals surface area contributed by atoms with Crippen LogP contribution in [0.3, 0.4) is 0 Å².